The Bertz CT molecular complexity index is 1310. The predicted molar refractivity (Wildman–Crippen MR) is 141 cm³/mol. The molecule has 3 rings (SSSR count). The second-order valence-corrected chi connectivity index (χ2v) is 8.16. The second-order valence-electron chi connectivity index (χ2n) is 7.30. The molecule has 0 aromatic heterocycles. The molecule has 0 atom stereocenters. The maximum Gasteiger partial charge on any atom is 0.271 e. The number of carbonyl (C=O) groups excluding carboxylic acids is 2. The molecule has 37 heavy (non-hydrogen) atoms. The van der Waals surface area contributed by atoms with E-state index in [1.165, 1.54) is 37.6 Å². The third-order valence-electron chi connectivity index (χ3n) is 4.78. The van der Waals surface area contributed by atoms with Crippen molar-refractivity contribution in [3.05, 3.63) is 86.4 Å². The van der Waals surface area contributed by atoms with Gasteiger partial charge in [0.05, 0.1) is 35.0 Å². The molecule has 0 fully saturated rings. The fourth-order valence-electron chi connectivity index (χ4n) is 3.10. The van der Waals surface area contributed by atoms with E-state index in [4.69, 9.17) is 14.2 Å². The highest BCUT2D eigenvalue weighted by molar-refractivity contribution is 9.10. The highest BCUT2D eigenvalue weighted by atomic mass is 79.9. The predicted octanol–water partition coefficient (Wildman–Crippen LogP) is 4.55. The molecule has 192 valence electrons. The minimum absolute atomic E-state index is 0.118. The van der Waals surface area contributed by atoms with Crippen molar-refractivity contribution in [1.82, 2.24) is 5.43 Å². The first-order valence-electron chi connectivity index (χ1n) is 10.9. The normalized spacial score (nSPS) is 10.6. The van der Waals surface area contributed by atoms with E-state index in [1.807, 2.05) is 0 Å². The Morgan fingerprint density at radius 1 is 1.08 bits per heavy atom. The molecule has 0 aliphatic carbocycles. The number of anilines is 1. The number of amides is 2. The third kappa shape index (κ3) is 7.51. The summed E-state index contributed by atoms with van der Waals surface area (Å²) >= 11 is 3.42. The summed E-state index contributed by atoms with van der Waals surface area (Å²) in [5.74, 6) is 0.292. The quantitative estimate of drug-likeness (QED) is 0.196. The van der Waals surface area contributed by atoms with Gasteiger partial charge in [0.2, 0.25) is 0 Å². The summed E-state index contributed by atoms with van der Waals surface area (Å²) in [5, 5.41) is 17.4. The average Bonchev–Trinajstić information content (AvgIpc) is 2.88. The number of nitro benzene ring substituents is 1. The summed E-state index contributed by atoms with van der Waals surface area (Å²) in [6.07, 6.45) is 1.40. The van der Waals surface area contributed by atoms with Crippen LogP contribution in [0.4, 0.5) is 11.4 Å². The molecule has 2 amide bonds. The summed E-state index contributed by atoms with van der Waals surface area (Å²) in [6, 6.07) is 15.5. The van der Waals surface area contributed by atoms with Gasteiger partial charge in [-0.05, 0) is 64.8 Å². The molecule has 0 radical (unpaired) electrons. The number of para-hydroxylation sites is 2. The lowest BCUT2D eigenvalue weighted by atomic mass is 10.2. The first kappa shape index (κ1) is 27.1. The molecule has 0 unspecified atom stereocenters. The van der Waals surface area contributed by atoms with Crippen molar-refractivity contribution in [3.8, 4) is 17.2 Å². The number of nitro groups is 1. The van der Waals surface area contributed by atoms with Crippen LogP contribution in [0.15, 0.2) is 70.2 Å². The van der Waals surface area contributed by atoms with E-state index in [9.17, 15) is 19.7 Å². The zero-order chi connectivity index (χ0) is 26.8. The number of ether oxygens (including phenoxy) is 3. The Kier molecular flexibility index (Phi) is 9.55. The number of nitrogens with one attached hydrogen (secondary N) is 2. The highest BCUT2D eigenvalue weighted by Gasteiger charge is 2.15. The van der Waals surface area contributed by atoms with Gasteiger partial charge in [0, 0.05) is 17.7 Å². The smallest absolute Gasteiger partial charge is 0.271 e. The number of carbonyl (C=O) groups is 2. The number of rotatable bonds is 11. The molecular weight excluding hydrogens is 548 g/mol. The van der Waals surface area contributed by atoms with Crippen molar-refractivity contribution in [2.24, 2.45) is 5.10 Å². The summed E-state index contributed by atoms with van der Waals surface area (Å²) in [7, 11) is 1.51. The average molecular weight is 571 g/mol. The first-order chi connectivity index (χ1) is 17.8. The van der Waals surface area contributed by atoms with Gasteiger partial charge in [-0.1, -0.05) is 12.1 Å². The summed E-state index contributed by atoms with van der Waals surface area (Å²) in [4.78, 5) is 34.9. The van der Waals surface area contributed by atoms with Crippen LogP contribution in [-0.4, -0.2) is 43.3 Å². The van der Waals surface area contributed by atoms with Gasteiger partial charge in [-0.2, -0.15) is 5.10 Å². The van der Waals surface area contributed by atoms with Crippen LogP contribution >= 0.6 is 15.9 Å². The molecule has 3 aromatic carbocycles. The molecule has 0 heterocycles. The Hall–Kier alpha value is -4.45. The zero-order valence-corrected chi connectivity index (χ0v) is 21.5. The zero-order valence-electron chi connectivity index (χ0n) is 19.9. The number of non-ortho nitro benzene ring substituents is 1. The maximum atomic E-state index is 12.4. The molecule has 2 N–H and O–H groups in total. The molecule has 0 bridgehead atoms. The van der Waals surface area contributed by atoms with Gasteiger partial charge in [-0.15, -0.1) is 0 Å². The fraction of sp³-hybridized carbons (Fsp3) is 0.160. The number of benzene rings is 3. The fourth-order valence-corrected chi connectivity index (χ4v) is 3.68. The molecule has 0 aliphatic rings. The van der Waals surface area contributed by atoms with Crippen molar-refractivity contribution >= 4 is 45.3 Å². The molecule has 3 aromatic rings. The van der Waals surface area contributed by atoms with Gasteiger partial charge < -0.3 is 19.5 Å². The maximum absolute atomic E-state index is 12.4. The van der Waals surface area contributed by atoms with Gasteiger partial charge in [-0.25, -0.2) is 5.43 Å². The molecule has 0 spiro atoms. The van der Waals surface area contributed by atoms with Crippen LogP contribution in [0.1, 0.15) is 22.8 Å². The van der Waals surface area contributed by atoms with E-state index in [2.05, 4.69) is 31.8 Å². The number of hydrogen-bond acceptors (Lipinski definition) is 8. The van der Waals surface area contributed by atoms with Crippen LogP contribution in [0.3, 0.4) is 0 Å². The van der Waals surface area contributed by atoms with Gasteiger partial charge in [-0.3, -0.25) is 19.7 Å². The SMILES string of the molecule is CCOc1cc(/C=N/NC(=O)c2ccc([N+](=O)[O-])cc2)cc(Br)c1OCC(=O)Nc1ccccc1OC. The van der Waals surface area contributed by atoms with Gasteiger partial charge in [0.25, 0.3) is 17.5 Å². The molecular formula is C25H23BrN4O7. The van der Waals surface area contributed by atoms with Crippen LogP contribution in [0.2, 0.25) is 0 Å². The van der Waals surface area contributed by atoms with E-state index in [0.717, 1.165) is 0 Å². The van der Waals surface area contributed by atoms with E-state index in [1.54, 1.807) is 43.3 Å². The monoisotopic (exact) mass is 570 g/mol. The van der Waals surface area contributed by atoms with Crippen molar-refractivity contribution in [2.45, 2.75) is 6.92 Å². The number of nitrogens with zero attached hydrogens (tertiary/aromatic N) is 2. The number of methoxy groups -OCH3 is 1. The summed E-state index contributed by atoms with van der Waals surface area (Å²) in [6.45, 7) is 1.86. The second kappa shape index (κ2) is 13.0. The van der Waals surface area contributed by atoms with Crippen LogP contribution < -0.4 is 25.0 Å². The molecule has 0 saturated heterocycles. The summed E-state index contributed by atoms with van der Waals surface area (Å²) < 4.78 is 17.1. The van der Waals surface area contributed by atoms with E-state index >= 15 is 0 Å². The molecule has 0 saturated carbocycles. The van der Waals surface area contributed by atoms with Crippen LogP contribution in [-0.2, 0) is 4.79 Å². The van der Waals surface area contributed by atoms with E-state index in [-0.39, 0.29) is 17.9 Å². The van der Waals surface area contributed by atoms with Crippen molar-refractivity contribution in [3.63, 3.8) is 0 Å². The van der Waals surface area contributed by atoms with Gasteiger partial charge in [0.1, 0.15) is 5.75 Å². The van der Waals surface area contributed by atoms with Crippen molar-refractivity contribution < 1.29 is 28.7 Å². The molecule has 11 nitrogen and oxygen atoms in total. The van der Waals surface area contributed by atoms with Gasteiger partial charge in [0.15, 0.2) is 18.1 Å². The van der Waals surface area contributed by atoms with Crippen molar-refractivity contribution in [1.29, 1.82) is 0 Å². The Morgan fingerprint density at radius 2 is 1.81 bits per heavy atom. The molecule has 12 heteroatoms. The number of hydrogen-bond donors (Lipinski definition) is 2. The van der Waals surface area contributed by atoms with E-state index < -0.39 is 16.7 Å². The Balaban J connectivity index is 1.66. The standard InChI is InChI=1S/C25H23BrN4O7/c1-3-36-22-13-16(14-27-29-25(32)17-8-10-18(11-9-17)30(33)34)12-19(26)24(22)37-15-23(31)28-20-6-4-5-7-21(20)35-2/h4-14H,3,15H2,1-2H3,(H,28,31)(H,29,32)/b27-14+. The lowest BCUT2D eigenvalue weighted by molar-refractivity contribution is -0.384. The van der Waals surface area contributed by atoms with Crippen LogP contribution in [0, 0.1) is 10.1 Å². The Labute approximate surface area is 220 Å². The molecule has 0 aliphatic heterocycles. The third-order valence-corrected chi connectivity index (χ3v) is 5.37. The first-order valence-corrected chi connectivity index (χ1v) is 11.7. The van der Waals surface area contributed by atoms with Crippen molar-refractivity contribution in [2.75, 3.05) is 25.6 Å². The largest absolute Gasteiger partial charge is 0.495 e. The van der Waals surface area contributed by atoms with Crippen LogP contribution in [0.5, 0.6) is 17.2 Å². The number of halogens is 1. The lowest BCUT2D eigenvalue weighted by Gasteiger charge is -2.15. The minimum atomic E-state index is -0.548. The summed E-state index contributed by atoms with van der Waals surface area (Å²) in [5.41, 5.74) is 3.56. The topological polar surface area (TPSA) is 141 Å². The lowest BCUT2D eigenvalue weighted by Crippen LogP contribution is -2.21. The van der Waals surface area contributed by atoms with E-state index in [0.29, 0.717) is 39.6 Å². The Morgan fingerprint density at radius 3 is 2.49 bits per heavy atom. The minimum Gasteiger partial charge on any atom is -0.495 e. The van der Waals surface area contributed by atoms with Crippen LogP contribution in [0.25, 0.3) is 0 Å². The number of hydrazone groups is 1. The highest BCUT2D eigenvalue weighted by Crippen LogP contribution is 2.36. The van der Waals surface area contributed by atoms with Gasteiger partial charge >= 0.3 is 0 Å².